The minimum Gasteiger partial charge on any atom is -0.480 e. The number of hydrogen-bond donors (Lipinski definition) is 0. The number of ether oxygens (including phenoxy) is 2. The average molecular weight is 411 g/mol. The second-order valence-electron chi connectivity index (χ2n) is 8.07. The fourth-order valence-corrected chi connectivity index (χ4v) is 5.78. The topological polar surface area (TPSA) is 60.4 Å². The summed E-state index contributed by atoms with van der Waals surface area (Å²) in [5.41, 5.74) is 2.96. The Morgan fingerprint density at radius 1 is 1.14 bits per heavy atom. The van der Waals surface area contributed by atoms with Gasteiger partial charge in [0.2, 0.25) is 5.88 Å². The van der Waals surface area contributed by atoms with Crippen molar-refractivity contribution in [3.63, 3.8) is 0 Å². The first-order chi connectivity index (χ1) is 14.2. The van der Waals surface area contributed by atoms with E-state index in [4.69, 9.17) is 14.5 Å². The maximum absolute atomic E-state index is 5.45. The molecule has 1 aliphatic carbocycles. The van der Waals surface area contributed by atoms with Gasteiger partial charge in [0.15, 0.2) is 0 Å². The van der Waals surface area contributed by atoms with Crippen molar-refractivity contribution in [1.29, 1.82) is 0 Å². The first kappa shape index (κ1) is 18.8. The maximum atomic E-state index is 5.45. The molecular formula is C22H26N4O2S. The third-order valence-electron chi connectivity index (χ3n) is 6.36. The van der Waals surface area contributed by atoms with Crippen LogP contribution in [0.25, 0.3) is 21.3 Å². The van der Waals surface area contributed by atoms with E-state index in [1.807, 2.05) is 11.3 Å². The van der Waals surface area contributed by atoms with Crippen LogP contribution in [0.1, 0.15) is 43.5 Å². The molecule has 1 saturated carbocycles. The normalized spacial score (nSPS) is 24.6. The Morgan fingerprint density at radius 3 is 2.72 bits per heavy atom. The maximum Gasteiger partial charge on any atom is 0.319 e. The van der Waals surface area contributed by atoms with Gasteiger partial charge in [0, 0.05) is 24.2 Å². The fraction of sp³-hybridized carbons (Fsp3) is 0.500. The first-order valence-corrected chi connectivity index (χ1v) is 11.1. The monoisotopic (exact) mass is 410 g/mol. The second-order valence-corrected chi connectivity index (χ2v) is 9.13. The lowest BCUT2D eigenvalue weighted by Gasteiger charge is -2.42. The zero-order valence-corrected chi connectivity index (χ0v) is 17.9. The van der Waals surface area contributed by atoms with E-state index >= 15 is 0 Å². The SMILES string of the molecule is COc1ncc(-c2ccc3nc([C@H]4C[C@H](N5CCC[C@@H]5C)C4)sc3c2)c(OC)n1. The van der Waals surface area contributed by atoms with Gasteiger partial charge in [-0.25, -0.2) is 9.97 Å². The van der Waals surface area contributed by atoms with Crippen molar-refractivity contribution in [2.24, 2.45) is 0 Å². The summed E-state index contributed by atoms with van der Waals surface area (Å²) in [6.07, 6.45) is 6.95. The molecule has 1 saturated heterocycles. The quantitative estimate of drug-likeness (QED) is 0.617. The first-order valence-electron chi connectivity index (χ1n) is 10.3. The van der Waals surface area contributed by atoms with Gasteiger partial charge in [-0.05, 0) is 56.8 Å². The molecule has 0 bridgehead atoms. The molecule has 6 nitrogen and oxygen atoms in total. The van der Waals surface area contributed by atoms with Gasteiger partial charge in [-0.15, -0.1) is 11.3 Å². The van der Waals surface area contributed by atoms with E-state index in [1.54, 1.807) is 20.4 Å². The molecule has 0 radical (unpaired) electrons. The van der Waals surface area contributed by atoms with Crippen molar-refractivity contribution in [1.82, 2.24) is 19.9 Å². The third kappa shape index (κ3) is 3.36. The molecule has 2 aromatic heterocycles. The van der Waals surface area contributed by atoms with Crippen LogP contribution in [0.2, 0.25) is 0 Å². The predicted octanol–water partition coefficient (Wildman–Crippen LogP) is 4.50. The molecule has 152 valence electrons. The lowest BCUT2D eigenvalue weighted by molar-refractivity contribution is 0.103. The highest BCUT2D eigenvalue weighted by Crippen LogP contribution is 2.44. The second kappa shape index (κ2) is 7.54. The molecule has 0 spiro atoms. The fourth-order valence-electron chi connectivity index (χ4n) is 4.65. The summed E-state index contributed by atoms with van der Waals surface area (Å²) in [4.78, 5) is 16.2. The number of nitrogens with zero attached hydrogens (tertiary/aromatic N) is 4. The molecule has 29 heavy (non-hydrogen) atoms. The molecule has 3 aromatic rings. The Bertz CT molecular complexity index is 1030. The molecule has 1 atom stereocenters. The van der Waals surface area contributed by atoms with Crippen LogP contribution in [0.3, 0.4) is 0 Å². The molecule has 0 amide bonds. The van der Waals surface area contributed by atoms with E-state index in [1.165, 1.54) is 41.9 Å². The Labute approximate surface area is 174 Å². The highest BCUT2D eigenvalue weighted by molar-refractivity contribution is 7.18. The summed E-state index contributed by atoms with van der Waals surface area (Å²) in [6, 6.07) is 8.13. The van der Waals surface area contributed by atoms with E-state index in [-0.39, 0.29) is 0 Å². The molecule has 5 rings (SSSR count). The lowest BCUT2D eigenvalue weighted by atomic mass is 9.79. The van der Waals surface area contributed by atoms with E-state index in [0.29, 0.717) is 17.8 Å². The van der Waals surface area contributed by atoms with E-state index in [2.05, 4.69) is 40.0 Å². The van der Waals surface area contributed by atoms with Crippen LogP contribution in [0.4, 0.5) is 0 Å². The molecule has 2 fully saturated rings. The summed E-state index contributed by atoms with van der Waals surface area (Å²) in [7, 11) is 3.16. The van der Waals surface area contributed by atoms with Crippen molar-refractivity contribution >= 4 is 21.6 Å². The number of fused-ring (bicyclic) bond motifs is 1. The zero-order valence-electron chi connectivity index (χ0n) is 17.1. The standard InChI is InChI=1S/C22H26N4O2S/c1-13-5-4-8-26(13)16-9-15(10-16)21-24-18-7-6-14(11-19(18)29-21)17-12-23-22(28-3)25-20(17)27-2/h6-7,11-13,15-16H,4-5,8-10H2,1-3H3/t13-,15-,16-/m0/s1. The van der Waals surface area contributed by atoms with Crippen molar-refractivity contribution < 1.29 is 9.47 Å². The number of benzene rings is 1. The van der Waals surface area contributed by atoms with Gasteiger partial charge in [-0.2, -0.15) is 4.98 Å². The highest BCUT2D eigenvalue weighted by Gasteiger charge is 2.39. The highest BCUT2D eigenvalue weighted by atomic mass is 32.1. The number of hydrogen-bond acceptors (Lipinski definition) is 7. The van der Waals surface area contributed by atoms with Crippen LogP contribution in [0, 0.1) is 0 Å². The Kier molecular flexibility index (Phi) is 4.87. The summed E-state index contributed by atoms with van der Waals surface area (Å²) < 4.78 is 11.8. The van der Waals surface area contributed by atoms with Crippen LogP contribution < -0.4 is 9.47 Å². The van der Waals surface area contributed by atoms with E-state index < -0.39 is 0 Å². The van der Waals surface area contributed by atoms with Gasteiger partial charge in [0.1, 0.15) is 0 Å². The molecule has 1 aliphatic heterocycles. The largest absolute Gasteiger partial charge is 0.480 e. The van der Waals surface area contributed by atoms with Gasteiger partial charge in [-0.3, -0.25) is 4.90 Å². The average Bonchev–Trinajstić information content (AvgIpc) is 3.32. The zero-order chi connectivity index (χ0) is 20.0. The van der Waals surface area contributed by atoms with Gasteiger partial charge in [-0.1, -0.05) is 6.07 Å². The Balaban J connectivity index is 1.37. The van der Waals surface area contributed by atoms with Crippen molar-refractivity contribution in [3.8, 4) is 23.0 Å². The van der Waals surface area contributed by atoms with Gasteiger partial charge >= 0.3 is 6.01 Å². The molecular weight excluding hydrogens is 384 g/mol. The number of thiazole rings is 1. The van der Waals surface area contributed by atoms with Crippen LogP contribution in [-0.4, -0.2) is 52.7 Å². The molecule has 3 heterocycles. The van der Waals surface area contributed by atoms with E-state index in [0.717, 1.165) is 28.7 Å². The molecule has 1 aromatic carbocycles. The molecule has 0 unspecified atom stereocenters. The van der Waals surface area contributed by atoms with Crippen LogP contribution in [-0.2, 0) is 0 Å². The number of methoxy groups -OCH3 is 2. The van der Waals surface area contributed by atoms with Crippen molar-refractivity contribution in [2.75, 3.05) is 20.8 Å². The van der Waals surface area contributed by atoms with Gasteiger partial charge in [0.05, 0.1) is 35.0 Å². The van der Waals surface area contributed by atoms with Gasteiger partial charge < -0.3 is 9.47 Å². The number of aromatic nitrogens is 3. The summed E-state index contributed by atoms with van der Waals surface area (Å²) in [5.74, 6) is 1.12. The third-order valence-corrected chi connectivity index (χ3v) is 7.54. The minimum absolute atomic E-state index is 0.304. The molecule has 7 heteroatoms. The molecule has 0 N–H and O–H groups in total. The van der Waals surface area contributed by atoms with Crippen LogP contribution in [0.5, 0.6) is 11.9 Å². The summed E-state index contributed by atoms with van der Waals surface area (Å²) >= 11 is 1.82. The summed E-state index contributed by atoms with van der Waals surface area (Å²) in [5, 5.41) is 1.28. The predicted molar refractivity (Wildman–Crippen MR) is 115 cm³/mol. The van der Waals surface area contributed by atoms with E-state index in [9.17, 15) is 0 Å². The Morgan fingerprint density at radius 2 is 2.00 bits per heavy atom. The van der Waals surface area contributed by atoms with Crippen LogP contribution >= 0.6 is 11.3 Å². The van der Waals surface area contributed by atoms with Crippen molar-refractivity contribution in [3.05, 3.63) is 29.4 Å². The van der Waals surface area contributed by atoms with Crippen molar-refractivity contribution in [2.45, 2.75) is 50.6 Å². The molecule has 2 aliphatic rings. The number of likely N-dealkylation sites (tertiary alicyclic amines) is 1. The number of rotatable bonds is 5. The smallest absolute Gasteiger partial charge is 0.319 e. The summed E-state index contributed by atoms with van der Waals surface area (Å²) in [6.45, 7) is 3.64. The lowest BCUT2D eigenvalue weighted by Crippen LogP contribution is -2.45. The van der Waals surface area contributed by atoms with Crippen LogP contribution in [0.15, 0.2) is 24.4 Å². The van der Waals surface area contributed by atoms with Gasteiger partial charge in [0.25, 0.3) is 0 Å². The Hall–Kier alpha value is -2.25. The minimum atomic E-state index is 0.304.